The van der Waals surface area contributed by atoms with Crippen LogP contribution in [0.2, 0.25) is 0 Å². The van der Waals surface area contributed by atoms with Crippen LogP contribution in [0.4, 0.5) is 4.79 Å². The molecular formula is C25H28N4O3. The van der Waals surface area contributed by atoms with Gasteiger partial charge in [0, 0.05) is 23.7 Å². The Morgan fingerprint density at radius 2 is 1.84 bits per heavy atom. The number of rotatable bonds is 4. The molecule has 7 nitrogen and oxygen atoms in total. The van der Waals surface area contributed by atoms with Crippen molar-refractivity contribution in [1.82, 2.24) is 20.2 Å². The van der Waals surface area contributed by atoms with E-state index in [4.69, 9.17) is 4.74 Å². The van der Waals surface area contributed by atoms with Crippen molar-refractivity contribution in [3.63, 3.8) is 0 Å². The number of H-pyrrole nitrogens is 1. The van der Waals surface area contributed by atoms with Gasteiger partial charge in [0.15, 0.2) is 0 Å². The minimum absolute atomic E-state index is 0.0710. The third-order valence-corrected chi connectivity index (χ3v) is 6.68. The van der Waals surface area contributed by atoms with Gasteiger partial charge in [0.1, 0.15) is 16.9 Å². The lowest BCUT2D eigenvalue weighted by molar-refractivity contribution is 0.0663. The van der Waals surface area contributed by atoms with Crippen LogP contribution in [0.5, 0.6) is 0 Å². The maximum Gasteiger partial charge on any atom is 0.411 e. The standard InChI is InChI=1S/C25H28N4O3/c1-25(2)21(16-6-4-3-5-7-16)29(24(31)32-25)19-11-9-18(10-12-19)27-23(30)20-13-8-17-14-15-26-22(17)28-20/h3-8,13-15,18-19,21H,9-12H2,1-2H3,(H,26,28)(H,27,30)/t18?,19?,21-/m0/s1. The molecule has 166 valence electrons. The van der Waals surface area contributed by atoms with Crippen LogP contribution < -0.4 is 5.32 Å². The van der Waals surface area contributed by atoms with Crippen molar-refractivity contribution in [2.45, 2.75) is 63.3 Å². The molecule has 1 saturated heterocycles. The molecule has 2 amide bonds. The topological polar surface area (TPSA) is 87.3 Å². The molecule has 1 saturated carbocycles. The van der Waals surface area contributed by atoms with Gasteiger partial charge in [0.05, 0.1) is 6.04 Å². The zero-order valence-corrected chi connectivity index (χ0v) is 18.4. The number of aromatic amines is 1. The first-order valence-electron chi connectivity index (χ1n) is 11.2. The van der Waals surface area contributed by atoms with Crippen LogP contribution in [0, 0.1) is 0 Å². The Morgan fingerprint density at radius 3 is 2.59 bits per heavy atom. The first kappa shape index (κ1) is 20.5. The number of fused-ring (bicyclic) bond motifs is 1. The van der Waals surface area contributed by atoms with Gasteiger partial charge in [-0.05, 0) is 63.3 Å². The predicted molar refractivity (Wildman–Crippen MR) is 121 cm³/mol. The summed E-state index contributed by atoms with van der Waals surface area (Å²) in [6.07, 6.45) is 4.83. The van der Waals surface area contributed by atoms with Gasteiger partial charge in [-0.15, -0.1) is 0 Å². The summed E-state index contributed by atoms with van der Waals surface area (Å²) >= 11 is 0. The fourth-order valence-electron chi connectivity index (χ4n) is 5.15. The highest BCUT2D eigenvalue weighted by molar-refractivity contribution is 5.94. The number of hydrogen-bond acceptors (Lipinski definition) is 4. The normalized spacial score (nSPS) is 25.0. The minimum atomic E-state index is -0.592. The van der Waals surface area contributed by atoms with E-state index in [0.29, 0.717) is 11.3 Å². The molecule has 1 atom stereocenters. The zero-order valence-electron chi connectivity index (χ0n) is 18.4. The highest BCUT2D eigenvalue weighted by Gasteiger charge is 2.51. The largest absolute Gasteiger partial charge is 0.441 e. The van der Waals surface area contributed by atoms with E-state index in [9.17, 15) is 9.59 Å². The lowest BCUT2D eigenvalue weighted by atomic mass is 9.86. The fraction of sp³-hybridized carbons (Fsp3) is 0.400. The summed E-state index contributed by atoms with van der Waals surface area (Å²) in [6.45, 7) is 3.95. The zero-order chi connectivity index (χ0) is 22.3. The summed E-state index contributed by atoms with van der Waals surface area (Å²) in [5.41, 5.74) is 1.62. The summed E-state index contributed by atoms with van der Waals surface area (Å²) in [5, 5.41) is 4.11. The van der Waals surface area contributed by atoms with Crippen molar-refractivity contribution < 1.29 is 14.3 Å². The van der Waals surface area contributed by atoms with E-state index in [1.165, 1.54) is 0 Å². The van der Waals surface area contributed by atoms with Crippen molar-refractivity contribution in [3.8, 4) is 0 Å². The van der Waals surface area contributed by atoms with Crippen LogP contribution in [0.1, 0.15) is 61.6 Å². The number of nitrogens with zero attached hydrogens (tertiary/aromatic N) is 2. The molecule has 1 aliphatic heterocycles. The molecule has 3 aromatic rings. The Balaban J connectivity index is 1.25. The van der Waals surface area contributed by atoms with Gasteiger partial charge >= 0.3 is 6.09 Å². The maximum atomic E-state index is 12.8. The highest BCUT2D eigenvalue weighted by Crippen LogP contribution is 2.44. The second-order valence-electron chi connectivity index (χ2n) is 9.28. The Bertz CT molecular complexity index is 1130. The van der Waals surface area contributed by atoms with Gasteiger partial charge in [0.25, 0.3) is 5.91 Å². The molecule has 1 aliphatic carbocycles. The van der Waals surface area contributed by atoms with Gasteiger partial charge in [-0.2, -0.15) is 0 Å². The van der Waals surface area contributed by atoms with E-state index in [1.54, 1.807) is 6.07 Å². The van der Waals surface area contributed by atoms with Crippen molar-refractivity contribution in [1.29, 1.82) is 0 Å². The number of nitrogens with one attached hydrogen (secondary N) is 2. The molecule has 0 radical (unpaired) electrons. The van der Waals surface area contributed by atoms with Gasteiger partial charge < -0.3 is 15.0 Å². The SMILES string of the molecule is CC1(C)OC(=O)N(C2CCC(NC(=O)c3ccc4cc[nH]c4n3)CC2)[C@H]1c1ccccc1. The molecule has 2 aliphatic rings. The Kier molecular flexibility index (Phi) is 5.12. The quantitative estimate of drug-likeness (QED) is 0.632. The van der Waals surface area contributed by atoms with Crippen molar-refractivity contribution in [3.05, 3.63) is 66.0 Å². The van der Waals surface area contributed by atoms with Crippen LogP contribution in [0.3, 0.4) is 0 Å². The number of aromatic nitrogens is 2. The molecule has 0 bridgehead atoms. The molecule has 1 aromatic carbocycles. The molecule has 0 spiro atoms. The fourth-order valence-corrected chi connectivity index (χ4v) is 5.15. The molecule has 0 unspecified atom stereocenters. The van der Waals surface area contributed by atoms with E-state index in [2.05, 4.69) is 27.4 Å². The number of ether oxygens (including phenoxy) is 1. The summed E-state index contributed by atoms with van der Waals surface area (Å²) in [5.74, 6) is -0.158. The molecule has 7 heteroatoms. The molecule has 2 aromatic heterocycles. The van der Waals surface area contributed by atoms with E-state index in [-0.39, 0.29) is 30.1 Å². The lowest BCUT2D eigenvalue weighted by Crippen LogP contribution is -2.46. The summed E-state index contributed by atoms with van der Waals surface area (Å²) < 4.78 is 5.77. The monoisotopic (exact) mass is 432 g/mol. The first-order chi connectivity index (χ1) is 15.4. The van der Waals surface area contributed by atoms with Crippen LogP contribution >= 0.6 is 0 Å². The van der Waals surface area contributed by atoms with Gasteiger partial charge in [-0.1, -0.05) is 30.3 Å². The molecule has 2 fully saturated rings. The number of benzene rings is 1. The number of hydrogen-bond donors (Lipinski definition) is 2. The van der Waals surface area contributed by atoms with E-state index < -0.39 is 5.60 Å². The molecule has 32 heavy (non-hydrogen) atoms. The smallest absolute Gasteiger partial charge is 0.411 e. The summed E-state index contributed by atoms with van der Waals surface area (Å²) in [6, 6.07) is 15.7. The minimum Gasteiger partial charge on any atom is -0.441 e. The van der Waals surface area contributed by atoms with E-state index in [0.717, 1.165) is 36.6 Å². The summed E-state index contributed by atoms with van der Waals surface area (Å²) in [4.78, 5) is 34.9. The highest BCUT2D eigenvalue weighted by atomic mass is 16.6. The van der Waals surface area contributed by atoms with Crippen molar-refractivity contribution in [2.24, 2.45) is 0 Å². The van der Waals surface area contributed by atoms with Gasteiger partial charge in [-0.25, -0.2) is 9.78 Å². The van der Waals surface area contributed by atoms with Crippen molar-refractivity contribution >= 4 is 23.0 Å². The number of cyclic esters (lactones) is 1. The maximum absolute atomic E-state index is 12.8. The van der Waals surface area contributed by atoms with Crippen LogP contribution in [-0.4, -0.2) is 44.6 Å². The average Bonchev–Trinajstić information content (AvgIpc) is 3.35. The third-order valence-electron chi connectivity index (χ3n) is 6.68. The molecule has 3 heterocycles. The number of carbonyl (C=O) groups is 2. The van der Waals surface area contributed by atoms with Crippen LogP contribution in [0.15, 0.2) is 54.7 Å². The van der Waals surface area contributed by atoms with Gasteiger partial charge in [0.2, 0.25) is 0 Å². The predicted octanol–water partition coefficient (Wildman–Crippen LogP) is 4.58. The second kappa shape index (κ2) is 7.97. The molecule has 5 rings (SSSR count). The number of carbonyl (C=O) groups excluding carboxylic acids is 2. The lowest BCUT2D eigenvalue weighted by Gasteiger charge is -2.38. The molecule has 2 N–H and O–H groups in total. The van der Waals surface area contributed by atoms with E-state index in [1.807, 2.05) is 55.3 Å². The summed E-state index contributed by atoms with van der Waals surface area (Å²) in [7, 11) is 0. The Hall–Kier alpha value is -3.35. The van der Waals surface area contributed by atoms with Crippen molar-refractivity contribution in [2.75, 3.05) is 0 Å². The van der Waals surface area contributed by atoms with Crippen LogP contribution in [-0.2, 0) is 4.74 Å². The second-order valence-corrected chi connectivity index (χ2v) is 9.28. The van der Waals surface area contributed by atoms with Crippen LogP contribution in [0.25, 0.3) is 11.0 Å². The third kappa shape index (κ3) is 3.72. The van der Waals surface area contributed by atoms with E-state index >= 15 is 0 Å². The van der Waals surface area contributed by atoms with Gasteiger partial charge in [-0.3, -0.25) is 9.69 Å². The first-order valence-corrected chi connectivity index (χ1v) is 11.2. The molecular weight excluding hydrogens is 404 g/mol. The number of pyridine rings is 1. The average molecular weight is 433 g/mol. The Morgan fingerprint density at radius 1 is 1.09 bits per heavy atom. The Labute approximate surface area is 187 Å². The number of amides is 2.